The summed E-state index contributed by atoms with van der Waals surface area (Å²) in [5.74, 6) is -0.226. The molecule has 0 fully saturated rings. The first kappa shape index (κ1) is 11.1. The minimum Gasteiger partial charge on any atom is -0.396 e. The van der Waals surface area contributed by atoms with Gasteiger partial charge in [0.05, 0.1) is 11.4 Å². The van der Waals surface area contributed by atoms with E-state index in [-0.39, 0.29) is 5.91 Å². The van der Waals surface area contributed by atoms with Crippen LogP contribution in [0.3, 0.4) is 0 Å². The number of nitrogen functional groups attached to an aromatic ring is 1. The maximum absolute atomic E-state index is 12.1. The normalized spacial score (nSPS) is 10.7. The van der Waals surface area contributed by atoms with E-state index in [4.69, 9.17) is 5.73 Å². The van der Waals surface area contributed by atoms with Crippen molar-refractivity contribution in [2.45, 2.75) is 0 Å². The molecule has 3 aromatic heterocycles. The van der Waals surface area contributed by atoms with E-state index in [1.807, 2.05) is 16.8 Å². The molecular formula is C11H8N4OS2. The number of nitrogens with zero attached hydrogens (tertiary/aromatic N) is 2. The molecule has 0 unspecified atom stereocenters. The minimum atomic E-state index is -0.226. The fourth-order valence-corrected chi connectivity index (χ4v) is 3.04. The minimum absolute atomic E-state index is 0.226. The third-order valence-electron chi connectivity index (χ3n) is 2.35. The first-order valence-electron chi connectivity index (χ1n) is 5.08. The molecule has 0 saturated carbocycles. The average molecular weight is 276 g/mol. The van der Waals surface area contributed by atoms with E-state index in [0.29, 0.717) is 20.9 Å². The van der Waals surface area contributed by atoms with Gasteiger partial charge in [-0.2, -0.15) is 11.3 Å². The van der Waals surface area contributed by atoms with Crippen molar-refractivity contribution >= 4 is 50.3 Å². The van der Waals surface area contributed by atoms with E-state index in [0.717, 1.165) is 5.69 Å². The summed E-state index contributed by atoms with van der Waals surface area (Å²) in [6.07, 6.45) is 3.14. The highest BCUT2D eigenvalue weighted by Gasteiger charge is 2.17. The van der Waals surface area contributed by atoms with Gasteiger partial charge in [0.2, 0.25) is 0 Å². The topological polar surface area (TPSA) is 80.9 Å². The Hall–Kier alpha value is -1.99. The number of amides is 1. The Morgan fingerprint density at radius 2 is 2.17 bits per heavy atom. The standard InChI is InChI=1S/C11H8N4OS2/c12-7-8-11(14-3-2-13-8)18-9(7)10(16)15-6-1-4-17-5-6/h1-5H,12H2,(H,15,16). The highest BCUT2D eigenvalue weighted by molar-refractivity contribution is 7.21. The van der Waals surface area contributed by atoms with Gasteiger partial charge in [-0.1, -0.05) is 0 Å². The summed E-state index contributed by atoms with van der Waals surface area (Å²) in [7, 11) is 0. The zero-order chi connectivity index (χ0) is 12.5. The largest absolute Gasteiger partial charge is 0.396 e. The number of carbonyl (C=O) groups excluding carboxylic acids is 1. The van der Waals surface area contributed by atoms with E-state index in [9.17, 15) is 4.79 Å². The van der Waals surface area contributed by atoms with Crippen molar-refractivity contribution in [3.05, 3.63) is 34.1 Å². The highest BCUT2D eigenvalue weighted by atomic mass is 32.1. The molecule has 7 heteroatoms. The first-order valence-corrected chi connectivity index (χ1v) is 6.84. The van der Waals surface area contributed by atoms with Crippen molar-refractivity contribution < 1.29 is 4.79 Å². The molecule has 18 heavy (non-hydrogen) atoms. The summed E-state index contributed by atoms with van der Waals surface area (Å²) in [6.45, 7) is 0. The number of thiophene rings is 2. The Bertz CT molecular complexity index is 705. The van der Waals surface area contributed by atoms with E-state index in [1.54, 1.807) is 12.4 Å². The molecule has 3 aromatic rings. The number of hydrogen-bond acceptors (Lipinski definition) is 6. The average Bonchev–Trinajstić information content (AvgIpc) is 2.98. The van der Waals surface area contributed by atoms with Crippen LogP contribution in [-0.2, 0) is 0 Å². The fourth-order valence-electron chi connectivity index (χ4n) is 1.54. The van der Waals surface area contributed by atoms with Crippen LogP contribution < -0.4 is 11.1 Å². The Labute approximate surface area is 110 Å². The van der Waals surface area contributed by atoms with Crippen LogP contribution in [0.1, 0.15) is 9.67 Å². The Balaban J connectivity index is 1.99. The van der Waals surface area contributed by atoms with Crippen molar-refractivity contribution in [1.82, 2.24) is 9.97 Å². The zero-order valence-corrected chi connectivity index (χ0v) is 10.7. The zero-order valence-electron chi connectivity index (χ0n) is 9.08. The molecule has 0 aromatic carbocycles. The Morgan fingerprint density at radius 1 is 1.33 bits per heavy atom. The van der Waals surface area contributed by atoms with Gasteiger partial charge >= 0.3 is 0 Å². The second kappa shape index (κ2) is 4.35. The van der Waals surface area contributed by atoms with Crippen LogP contribution in [0.5, 0.6) is 0 Å². The van der Waals surface area contributed by atoms with Crippen LogP contribution in [0.15, 0.2) is 29.2 Å². The monoisotopic (exact) mass is 276 g/mol. The maximum Gasteiger partial charge on any atom is 0.268 e. The molecule has 0 atom stereocenters. The van der Waals surface area contributed by atoms with Crippen molar-refractivity contribution in [1.29, 1.82) is 0 Å². The Morgan fingerprint density at radius 3 is 2.89 bits per heavy atom. The summed E-state index contributed by atoms with van der Waals surface area (Å²) in [5.41, 5.74) is 7.65. The number of hydrogen-bond donors (Lipinski definition) is 2. The molecule has 3 N–H and O–H groups in total. The van der Waals surface area contributed by atoms with Crippen LogP contribution in [0.25, 0.3) is 10.3 Å². The van der Waals surface area contributed by atoms with Gasteiger partial charge in [0, 0.05) is 17.8 Å². The van der Waals surface area contributed by atoms with Crippen LogP contribution in [0.4, 0.5) is 11.4 Å². The molecule has 0 aliphatic carbocycles. The SMILES string of the molecule is Nc1c(C(=O)Nc2ccsc2)sc2nccnc12. The van der Waals surface area contributed by atoms with Crippen molar-refractivity contribution in [2.75, 3.05) is 11.1 Å². The lowest BCUT2D eigenvalue weighted by molar-refractivity contribution is 0.103. The highest BCUT2D eigenvalue weighted by Crippen LogP contribution is 2.31. The molecule has 0 bridgehead atoms. The number of anilines is 2. The van der Waals surface area contributed by atoms with Gasteiger partial charge in [-0.3, -0.25) is 4.79 Å². The van der Waals surface area contributed by atoms with Gasteiger partial charge in [0.1, 0.15) is 15.2 Å². The molecule has 1 amide bonds. The van der Waals surface area contributed by atoms with Gasteiger partial charge in [-0.15, -0.1) is 11.3 Å². The molecular weight excluding hydrogens is 268 g/mol. The number of nitrogens with one attached hydrogen (secondary N) is 1. The second-order valence-electron chi connectivity index (χ2n) is 3.52. The number of nitrogens with two attached hydrogens (primary N) is 1. The van der Waals surface area contributed by atoms with Gasteiger partial charge < -0.3 is 11.1 Å². The van der Waals surface area contributed by atoms with Crippen LogP contribution in [0, 0.1) is 0 Å². The predicted octanol–water partition coefficient (Wildman–Crippen LogP) is 2.59. The lowest BCUT2D eigenvalue weighted by Crippen LogP contribution is -2.11. The summed E-state index contributed by atoms with van der Waals surface area (Å²) in [6, 6.07) is 1.84. The molecule has 0 spiro atoms. The third kappa shape index (κ3) is 1.83. The fraction of sp³-hybridized carbons (Fsp3) is 0. The number of carbonyl (C=O) groups is 1. The van der Waals surface area contributed by atoms with Gasteiger partial charge in [-0.25, -0.2) is 9.97 Å². The van der Waals surface area contributed by atoms with Gasteiger partial charge in [0.25, 0.3) is 5.91 Å². The summed E-state index contributed by atoms with van der Waals surface area (Å²) in [5, 5.41) is 6.54. The molecule has 90 valence electrons. The molecule has 3 heterocycles. The molecule has 5 nitrogen and oxygen atoms in total. The summed E-state index contributed by atoms with van der Waals surface area (Å²) >= 11 is 2.77. The van der Waals surface area contributed by atoms with Crippen LogP contribution >= 0.6 is 22.7 Å². The number of rotatable bonds is 2. The molecule has 0 radical (unpaired) electrons. The quantitative estimate of drug-likeness (QED) is 0.753. The lowest BCUT2D eigenvalue weighted by Gasteiger charge is -2.00. The van der Waals surface area contributed by atoms with E-state index < -0.39 is 0 Å². The third-order valence-corrected chi connectivity index (χ3v) is 4.13. The van der Waals surface area contributed by atoms with Gasteiger partial charge in [-0.05, 0) is 11.4 Å². The number of aromatic nitrogens is 2. The maximum atomic E-state index is 12.1. The first-order chi connectivity index (χ1) is 8.75. The predicted molar refractivity (Wildman–Crippen MR) is 74.1 cm³/mol. The van der Waals surface area contributed by atoms with E-state index in [2.05, 4.69) is 15.3 Å². The van der Waals surface area contributed by atoms with Crippen molar-refractivity contribution in [3.8, 4) is 0 Å². The molecule has 0 saturated heterocycles. The van der Waals surface area contributed by atoms with Crippen molar-refractivity contribution in [2.24, 2.45) is 0 Å². The van der Waals surface area contributed by atoms with Gasteiger partial charge in [0.15, 0.2) is 0 Å². The smallest absolute Gasteiger partial charge is 0.268 e. The van der Waals surface area contributed by atoms with E-state index >= 15 is 0 Å². The van der Waals surface area contributed by atoms with Crippen molar-refractivity contribution in [3.63, 3.8) is 0 Å². The summed E-state index contributed by atoms with van der Waals surface area (Å²) in [4.78, 5) is 21.5. The number of fused-ring (bicyclic) bond motifs is 1. The summed E-state index contributed by atoms with van der Waals surface area (Å²) < 4.78 is 0. The Kier molecular flexibility index (Phi) is 2.69. The van der Waals surface area contributed by atoms with E-state index in [1.165, 1.54) is 22.7 Å². The molecule has 3 rings (SSSR count). The second-order valence-corrected chi connectivity index (χ2v) is 5.30. The lowest BCUT2D eigenvalue weighted by atomic mass is 10.3. The van der Waals surface area contributed by atoms with Crippen LogP contribution in [0.2, 0.25) is 0 Å². The molecule has 0 aliphatic heterocycles. The van der Waals surface area contributed by atoms with Crippen LogP contribution in [-0.4, -0.2) is 15.9 Å². The molecule has 0 aliphatic rings.